The molecule has 0 aromatic carbocycles. The van der Waals surface area contributed by atoms with E-state index in [0.717, 1.165) is 70.4 Å². The van der Waals surface area contributed by atoms with E-state index in [1.807, 2.05) is 7.05 Å². The molecule has 4 nitrogen and oxygen atoms in total. The molecular weight excluding hydrogens is 300 g/mol. The molecule has 0 unspecified atom stereocenters. The summed E-state index contributed by atoms with van der Waals surface area (Å²) < 4.78 is 0. The first kappa shape index (κ1) is 19.4. The van der Waals surface area contributed by atoms with Crippen molar-refractivity contribution in [2.45, 2.75) is 71.1 Å². The van der Waals surface area contributed by atoms with E-state index in [0.29, 0.717) is 17.6 Å². The van der Waals surface area contributed by atoms with Crippen LogP contribution in [0.25, 0.3) is 0 Å². The van der Waals surface area contributed by atoms with Crippen molar-refractivity contribution in [2.75, 3.05) is 20.1 Å². The molecule has 4 heteroatoms. The SMILES string of the molecule is CCCC(=O)C1CCC(CNC(=O)C2CCC(CNC)CC2)CC1. The third-order valence-electron chi connectivity index (χ3n) is 6.07. The zero-order valence-electron chi connectivity index (χ0n) is 15.6. The highest BCUT2D eigenvalue weighted by Crippen LogP contribution is 2.31. The molecule has 24 heavy (non-hydrogen) atoms. The third kappa shape index (κ3) is 5.87. The van der Waals surface area contributed by atoms with E-state index in [9.17, 15) is 9.59 Å². The van der Waals surface area contributed by atoms with Crippen molar-refractivity contribution in [3.8, 4) is 0 Å². The van der Waals surface area contributed by atoms with Crippen LogP contribution in [0.5, 0.6) is 0 Å². The molecule has 0 radical (unpaired) electrons. The number of Topliss-reactive ketones (excluding diaryl/α,β-unsaturated/α-hetero) is 1. The second-order valence-electron chi connectivity index (χ2n) is 7.95. The van der Waals surface area contributed by atoms with Gasteiger partial charge in [-0.1, -0.05) is 6.92 Å². The molecule has 2 fully saturated rings. The molecule has 138 valence electrons. The number of rotatable bonds is 8. The zero-order chi connectivity index (χ0) is 17.4. The van der Waals surface area contributed by atoms with Gasteiger partial charge >= 0.3 is 0 Å². The number of carbonyl (C=O) groups excluding carboxylic acids is 2. The quantitative estimate of drug-likeness (QED) is 0.715. The van der Waals surface area contributed by atoms with Gasteiger partial charge in [-0.25, -0.2) is 0 Å². The van der Waals surface area contributed by atoms with Crippen molar-refractivity contribution in [2.24, 2.45) is 23.7 Å². The van der Waals surface area contributed by atoms with Gasteiger partial charge in [-0.05, 0) is 83.2 Å². The van der Waals surface area contributed by atoms with Gasteiger partial charge in [0.2, 0.25) is 5.91 Å². The lowest BCUT2D eigenvalue weighted by molar-refractivity contribution is -0.127. The maximum absolute atomic E-state index is 12.4. The van der Waals surface area contributed by atoms with E-state index in [2.05, 4.69) is 17.6 Å². The summed E-state index contributed by atoms with van der Waals surface area (Å²) >= 11 is 0. The van der Waals surface area contributed by atoms with E-state index in [1.165, 1.54) is 12.8 Å². The van der Waals surface area contributed by atoms with Crippen LogP contribution in [0.15, 0.2) is 0 Å². The second kappa shape index (κ2) is 10.2. The van der Waals surface area contributed by atoms with Gasteiger partial charge in [0.25, 0.3) is 0 Å². The highest BCUT2D eigenvalue weighted by molar-refractivity contribution is 5.81. The third-order valence-corrected chi connectivity index (χ3v) is 6.07. The predicted octanol–water partition coefficient (Wildman–Crippen LogP) is 3.30. The molecule has 1 amide bonds. The average molecular weight is 337 g/mol. The lowest BCUT2D eigenvalue weighted by atomic mass is 9.79. The van der Waals surface area contributed by atoms with Gasteiger partial charge in [0.1, 0.15) is 5.78 Å². The Morgan fingerprint density at radius 3 is 1.92 bits per heavy atom. The number of ketones is 1. The van der Waals surface area contributed by atoms with Crippen LogP contribution in [0.1, 0.15) is 71.1 Å². The van der Waals surface area contributed by atoms with Crippen LogP contribution < -0.4 is 10.6 Å². The van der Waals surface area contributed by atoms with E-state index < -0.39 is 0 Å². The fourth-order valence-electron chi connectivity index (χ4n) is 4.45. The topological polar surface area (TPSA) is 58.2 Å². The fraction of sp³-hybridized carbons (Fsp3) is 0.900. The molecule has 2 saturated carbocycles. The Balaban J connectivity index is 1.62. The number of carbonyl (C=O) groups is 2. The summed E-state index contributed by atoms with van der Waals surface area (Å²) in [7, 11) is 2.00. The molecule has 0 aromatic rings. The Bertz CT molecular complexity index is 394. The molecule has 0 aliphatic heterocycles. The number of amides is 1. The number of nitrogens with one attached hydrogen (secondary N) is 2. The van der Waals surface area contributed by atoms with E-state index >= 15 is 0 Å². The molecule has 2 N–H and O–H groups in total. The highest BCUT2D eigenvalue weighted by atomic mass is 16.2. The van der Waals surface area contributed by atoms with Gasteiger partial charge in [0, 0.05) is 24.8 Å². The van der Waals surface area contributed by atoms with Gasteiger partial charge in [-0.15, -0.1) is 0 Å². The maximum atomic E-state index is 12.4. The first-order chi connectivity index (χ1) is 11.6. The van der Waals surface area contributed by atoms with Crippen molar-refractivity contribution < 1.29 is 9.59 Å². The molecular formula is C20H36N2O2. The zero-order valence-corrected chi connectivity index (χ0v) is 15.6. The monoisotopic (exact) mass is 336 g/mol. The van der Waals surface area contributed by atoms with Crippen LogP contribution in [-0.2, 0) is 9.59 Å². The molecule has 0 spiro atoms. The normalized spacial score (nSPS) is 30.8. The Kier molecular flexibility index (Phi) is 8.23. The van der Waals surface area contributed by atoms with Crippen molar-refractivity contribution in [1.82, 2.24) is 10.6 Å². The summed E-state index contributed by atoms with van der Waals surface area (Å²) in [6.45, 7) is 3.96. The Hall–Kier alpha value is -0.900. The van der Waals surface area contributed by atoms with Gasteiger partial charge in [-0.2, -0.15) is 0 Å². The van der Waals surface area contributed by atoms with Gasteiger partial charge < -0.3 is 10.6 Å². The summed E-state index contributed by atoms with van der Waals surface area (Å²) in [4.78, 5) is 24.4. The predicted molar refractivity (Wildman–Crippen MR) is 97.7 cm³/mol. The summed E-state index contributed by atoms with van der Waals surface area (Å²) in [6, 6.07) is 0. The largest absolute Gasteiger partial charge is 0.356 e. The van der Waals surface area contributed by atoms with Crippen molar-refractivity contribution >= 4 is 11.7 Å². The summed E-state index contributed by atoms with van der Waals surface area (Å²) in [5, 5.41) is 6.44. The second-order valence-corrected chi connectivity index (χ2v) is 7.95. The first-order valence-corrected chi connectivity index (χ1v) is 10.1. The lowest BCUT2D eigenvalue weighted by Gasteiger charge is -2.30. The van der Waals surface area contributed by atoms with Crippen LogP contribution >= 0.6 is 0 Å². The van der Waals surface area contributed by atoms with E-state index in [4.69, 9.17) is 0 Å². The average Bonchev–Trinajstić information content (AvgIpc) is 2.61. The molecule has 0 atom stereocenters. The molecule has 2 aliphatic carbocycles. The van der Waals surface area contributed by atoms with Crippen molar-refractivity contribution in [1.29, 1.82) is 0 Å². The van der Waals surface area contributed by atoms with Crippen LogP contribution in [0.2, 0.25) is 0 Å². The van der Waals surface area contributed by atoms with Crippen LogP contribution in [0, 0.1) is 23.7 Å². The minimum absolute atomic E-state index is 0.223. The molecule has 2 aliphatic rings. The minimum atomic E-state index is 0.223. The Morgan fingerprint density at radius 2 is 1.38 bits per heavy atom. The Labute approximate surface area is 147 Å². The van der Waals surface area contributed by atoms with Crippen LogP contribution in [0.3, 0.4) is 0 Å². The van der Waals surface area contributed by atoms with Crippen molar-refractivity contribution in [3.05, 3.63) is 0 Å². The molecule has 0 heterocycles. The number of hydrogen-bond donors (Lipinski definition) is 2. The Morgan fingerprint density at radius 1 is 0.833 bits per heavy atom. The summed E-state index contributed by atoms with van der Waals surface area (Å²) in [5.41, 5.74) is 0. The molecule has 0 saturated heterocycles. The summed E-state index contributed by atoms with van der Waals surface area (Å²) in [5.74, 6) is 2.55. The first-order valence-electron chi connectivity index (χ1n) is 10.1. The standard InChI is InChI=1S/C20H36N2O2/c1-3-4-19(23)17-9-5-16(6-10-17)14-22-20(24)18-11-7-15(8-12-18)13-21-2/h15-18,21H,3-14H2,1-2H3,(H,22,24). The van der Waals surface area contributed by atoms with Gasteiger partial charge in [0.15, 0.2) is 0 Å². The minimum Gasteiger partial charge on any atom is -0.356 e. The lowest BCUT2D eigenvalue weighted by Crippen LogP contribution is -2.38. The molecule has 0 aromatic heterocycles. The smallest absolute Gasteiger partial charge is 0.223 e. The van der Waals surface area contributed by atoms with Crippen LogP contribution in [-0.4, -0.2) is 31.8 Å². The summed E-state index contributed by atoms with van der Waals surface area (Å²) in [6.07, 6.45) is 10.3. The van der Waals surface area contributed by atoms with Crippen molar-refractivity contribution in [3.63, 3.8) is 0 Å². The maximum Gasteiger partial charge on any atom is 0.223 e. The van der Waals surface area contributed by atoms with Gasteiger partial charge in [-0.3, -0.25) is 9.59 Å². The van der Waals surface area contributed by atoms with E-state index in [1.54, 1.807) is 0 Å². The molecule has 0 bridgehead atoms. The fourth-order valence-corrected chi connectivity index (χ4v) is 4.45. The van der Waals surface area contributed by atoms with Crippen LogP contribution in [0.4, 0.5) is 0 Å². The highest BCUT2D eigenvalue weighted by Gasteiger charge is 2.28. The molecule has 2 rings (SSSR count). The van der Waals surface area contributed by atoms with Gasteiger partial charge in [0.05, 0.1) is 0 Å². The van der Waals surface area contributed by atoms with E-state index in [-0.39, 0.29) is 11.8 Å². The number of hydrogen-bond acceptors (Lipinski definition) is 3.